The molecule has 0 aromatic rings. The number of hydrogen-bond donors (Lipinski definition) is 1. The fourth-order valence-electron chi connectivity index (χ4n) is 0.929. The minimum absolute atomic E-state index is 0.923. The number of hydrogen-bond acceptors (Lipinski definition) is 2. The van der Waals surface area contributed by atoms with E-state index in [1.807, 2.05) is 7.05 Å². The van der Waals surface area contributed by atoms with E-state index in [2.05, 4.69) is 12.2 Å². The van der Waals surface area contributed by atoms with Gasteiger partial charge in [-0.05, 0) is 39.3 Å². The van der Waals surface area contributed by atoms with E-state index in [1.54, 1.807) is 0 Å². The molecule has 2 nitrogen and oxygen atoms in total. The number of rotatable bonds is 8. The van der Waals surface area contributed by atoms with Crippen molar-refractivity contribution >= 4 is 0 Å². The first-order valence-corrected chi connectivity index (χ1v) is 4.64. The second kappa shape index (κ2) is 9.92. The van der Waals surface area contributed by atoms with E-state index in [1.165, 1.54) is 19.3 Å². The highest BCUT2D eigenvalue weighted by molar-refractivity contribution is 4.43. The fourth-order valence-corrected chi connectivity index (χ4v) is 0.929. The van der Waals surface area contributed by atoms with E-state index in [0.717, 1.165) is 26.2 Å². The van der Waals surface area contributed by atoms with Crippen LogP contribution in [0.3, 0.4) is 0 Å². The Kier molecular flexibility index (Phi) is 9.85. The molecule has 68 valence electrons. The molecule has 0 fully saturated rings. The Hall–Kier alpha value is -0.0800. The van der Waals surface area contributed by atoms with Crippen molar-refractivity contribution in [1.29, 1.82) is 0 Å². The van der Waals surface area contributed by atoms with Gasteiger partial charge in [-0.1, -0.05) is 6.92 Å². The van der Waals surface area contributed by atoms with Gasteiger partial charge in [-0.3, -0.25) is 0 Å². The van der Waals surface area contributed by atoms with Crippen LogP contribution in [0.15, 0.2) is 0 Å². The SMILES string of the molecule is CCCOCCCCCNC. The first-order chi connectivity index (χ1) is 5.41. The molecule has 0 aliphatic heterocycles. The topological polar surface area (TPSA) is 21.3 Å². The third-order valence-electron chi connectivity index (χ3n) is 1.56. The molecule has 0 atom stereocenters. The van der Waals surface area contributed by atoms with E-state index >= 15 is 0 Å². The van der Waals surface area contributed by atoms with E-state index in [4.69, 9.17) is 4.74 Å². The van der Waals surface area contributed by atoms with Crippen LogP contribution in [0.5, 0.6) is 0 Å². The highest BCUT2D eigenvalue weighted by atomic mass is 16.5. The molecule has 0 bridgehead atoms. The van der Waals surface area contributed by atoms with Crippen LogP contribution in [0.25, 0.3) is 0 Å². The summed E-state index contributed by atoms with van der Waals surface area (Å²) < 4.78 is 5.34. The quantitative estimate of drug-likeness (QED) is 0.545. The first-order valence-electron chi connectivity index (χ1n) is 4.64. The zero-order chi connectivity index (χ0) is 8.36. The van der Waals surface area contributed by atoms with Crippen molar-refractivity contribution in [3.8, 4) is 0 Å². The average molecular weight is 159 g/mol. The Balaban J connectivity index is 2.69. The molecule has 1 N–H and O–H groups in total. The number of ether oxygens (including phenoxy) is 1. The van der Waals surface area contributed by atoms with Gasteiger partial charge in [0.15, 0.2) is 0 Å². The van der Waals surface area contributed by atoms with Crippen molar-refractivity contribution < 1.29 is 4.74 Å². The Morgan fingerprint density at radius 2 is 1.91 bits per heavy atom. The molecule has 0 spiro atoms. The lowest BCUT2D eigenvalue weighted by Crippen LogP contribution is -2.07. The predicted octanol–water partition coefficient (Wildman–Crippen LogP) is 1.80. The summed E-state index contributed by atoms with van der Waals surface area (Å²) >= 11 is 0. The molecule has 0 amide bonds. The van der Waals surface area contributed by atoms with Crippen molar-refractivity contribution in [1.82, 2.24) is 5.32 Å². The second-order valence-corrected chi connectivity index (χ2v) is 2.78. The molecule has 0 aromatic carbocycles. The van der Waals surface area contributed by atoms with Gasteiger partial charge in [-0.2, -0.15) is 0 Å². The summed E-state index contributed by atoms with van der Waals surface area (Å²) in [4.78, 5) is 0. The predicted molar refractivity (Wildman–Crippen MR) is 48.9 cm³/mol. The largest absolute Gasteiger partial charge is 0.381 e. The van der Waals surface area contributed by atoms with Gasteiger partial charge >= 0.3 is 0 Å². The summed E-state index contributed by atoms with van der Waals surface area (Å²) in [5.41, 5.74) is 0. The van der Waals surface area contributed by atoms with Crippen molar-refractivity contribution in [2.45, 2.75) is 32.6 Å². The van der Waals surface area contributed by atoms with Crippen molar-refractivity contribution in [3.63, 3.8) is 0 Å². The zero-order valence-electron chi connectivity index (χ0n) is 7.86. The van der Waals surface area contributed by atoms with Crippen LogP contribution in [0.1, 0.15) is 32.6 Å². The molecule has 0 saturated heterocycles. The fraction of sp³-hybridized carbons (Fsp3) is 1.00. The zero-order valence-corrected chi connectivity index (χ0v) is 7.86. The molecule has 0 unspecified atom stereocenters. The van der Waals surface area contributed by atoms with Crippen LogP contribution in [-0.2, 0) is 4.74 Å². The summed E-state index contributed by atoms with van der Waals surface area (Å²) in [6.45, 7) is 5.14. The lowest BCUT2D eigenvalue weighted by atomic mass is 10.2. The monoisotopic (exact) mass is 159 g/mol. The van der Waals surface area contributed by atoms with Gasteiger partial charge in [0.25, 0.3) is 0 Å². The third-order valence-corrected chi connectivity index (χ3v) is 1.56. The molecule has 0 heterocycles. The number of unbranched alkanes of at least 4 members (excludes halogenated alkanes) is 2. The van der Waals surface area contributed by atoms with E-state index in [9.17, 15) is 0 Å². The maximum absolute atomic E-state index is 5.34. The third kappa shape index (κ3) is 9.92. The summed E-state index contributed by atoms with van der Waals surface area (Å²) in [5, 5.41) is 3.13. The van der Waals surface area contributed by atoms with Gasteiger partial charge in [-0.25, -0.2) is 0 Å². The number of nitrogens with one attached hydrogen (secondary N) is 1. The Labute approximate surface area is 70.3 Å². The molecular weight excluding hydrogens is 138 g/mol. The van der Waals surface area contributed by atoms with Crippen LogP contribution >= 0.6 is 0 Å². The minimum atomic E-state index is 0.923. The van der Waals surface area contributed by atoms with E-state index in [-0.39, 0.29) is 0 Å². The van der Waals surface area contributed by atoms with Crippen molar-refractivity contribution in [3.05, 3.63) is 0 Å². The summed E-state index contributed by atoms with van der Waals surface area (Å²) in [5.74, 6) is 0. The van der Waals surface area contributed by atoms with Crippen LogP contribution in [0, 0.1) is 0 Å². The lowest BCUT2D eigenvalue weighted by molar-refractivity contribution is 0.130. The highest BCUT2D eigenvalue weighted by Crippen LogP contribution is 1.94. The summed E-state index contributed by atoms with van der Waals surface area (Å²) in [6.07, 6.45) is 4.90. The minimum Gasteiger partial charge on any atom is -0.381 e. The highest BCUT2D eigenvalue weighted by Gasteiger charge is 1.88. The molecular formula is C9H21NO. The lowest BCUT2D eigenvalue weighted by Gasteiger charge is -2.01. The van der Waals surface area contributed by atoms with Crippen molar-refractivity contribution in [2.24, 2.45) is 0 Å². The summed E-state index contributed by atoms with van der Waals surface area (Å²) in [6, 6.07) is 0. The molecule has 2 heteroatoms. The molecule has 0 radical (unpaired) electrons. The normalized spacial score (nSPS) is 10.4. The Bertz CT molecular complexity index is 58.6. The van der Waals surface area contributed by atoms with E-state index in [0.29, 0.717) is 0 Å². The van der Waals surface area contributed by atoms with Gasteiger partial charge in [0.1, 0.15) is 0 Å². The molecule has 0 saturated carbocycles. The maximum Gasteiger partial charge on any atom is 0.0466 e. The summed E-state index contributed by atoms with van der Waals surface area (Å²) in [7, 11) is 1.99. The Morgan fingerprint density at radius 3 is 2.55 bits per heavy atom. The molecule has 11 heavy (non-hydrogen) atoms. The van der Waals surface area contributed by atoms with Crippen molar-refractivity contribution in [2.75, 3.05) is 26.8 Å². The average Bonchev–Trinajstić information content (AvgIpc) is 2.03. The molecule has 0 rings (SSSR count). The van der Waals surface area contributed by atoms with Gasteiger partial charge in [0, 0.05) is 13.2 Å². The van der Waals surface area contributed by atoms with Crippen LogP contribution in [0.4, 0.5) is 0 Å². The van der Waals surface area contributed by atoms with Crippen LogP contribution in [0.2, 0.25) is 0 Å². The second-order valence-electron chi connectivity index (χ2n) is 2.78. The van der Waals surface area contributed by atoms with Crippen LogP contribution in [-0.4, -0.2) is 26.8 Å². The standard InChI is InChI=1S/C9H21NO/c1-3-8-11-9-6-4-5-7-10-2/h10H,3-9H2,1-2H3. The maximum atomic E-state index is 5.34. The Morgan fingerprint density at radius 1 is 1.09 bits per heavy atom. The van der Waals surface area contributed by atoms with Gasteiger partial charge in [-0.15, -0.1) is 0 Å². The molecule has 0 aromatic heterocycles. The first kappa shape index (κ1) is 10.9. The van der Waals surface area contributed by atoms with Crippen LogP contribution < -0.4 is 5.32 Å². The van der Waals surface area contributed by atoms with Gasteiger partial charge < -0.3 is 10.1 Å². The molecule has 0 aliphatic rings. The van der Waals surface area contributed by atoms with E-state index < -0.39 is 0 Å². The molecule has 0 aliphatic carbocycles. The van der Waals surface area contributed by atoms with Gasteiger partial charge in [0.2, 0.25) is 0 Å². The smallest absolute Gasteiger partial charge is 0.0466 e. The van der Waals surface area contributed by atoms with Gasteiger partial charge in [0.05, 0.1) is 0 Å².